The molecule has 2 heterocycles. The maximum atomic E-state index is 5.90. The van der Waals surface area contributed by atoms with Crippen molar-refractivity contribution < 1.29 is 4.74 Å². The van der Waals surface area contributed by atoms with Gasteiger partial charge in [0.2, 0.25) is 4.77 Å². The third-order valence-electron chi connectivity index (χ3n) is 4.71. The van der Waals surface area contributed by atoms with Gasteiger partial charge in [0.1, 0.15) is 12.4 Å². The molecule has 0 amide bonds. The Morgan fingerprint density at radius 1 is 1.14 bits per heavy atom. The number of ether oxygens (including phenoxy) is 1. The number of halogens is 1. The lowest BCUT2D eigenvalue weighted by Crippen LogP contribution is -2.27. The summed E-state index contributed by atoms with van der Waals surface area (Å²) in [6, 6.07) is 17.7. The fourth-order valence-electron chi connectivity index (χ4n) is 3.26. The second-order valence-electron chi connectivity index (χ2n) is 6.84. The molecule has 4 rings (SSSR count). The largest absolute Gasteiger partial charge is 0.492 e. The fraction of sp³-hybridized carbons (Fsp3) is 0.238. The SMILES string of the molecule is Cc1cc2nn(CN(C)CCOc3ccc(Cl)cc3)c(=S)n2c2ccccc12. The standard InChI is InChI=1S/C21H21ClN4OS/c1-15-13-20-23-25(21(28)26(20)19-6-4-3-5-18(15)19)14-24(2)11-12-27-17-9-7-16(22)8-10-17/h3-10,13H,11-12,14H2,1-2H3. The Kier molecular flexibility index (Phi) is 5.35. The van der Waals surface area contributed by atoms with Gasteiger partial charge in [-0.2, -0.15) is 5.10 Å². The molecule has 0 bridgehead atoms. The first kappa shape index (κ1) is 18.9. The van der Waals surface area contributed by atoms with Gasteiger partial charge < -0.3 is 4.74 Å². The number of para-hydroxylation sites is 1. The average molecular weight is 413 g/mol. The Balaban J connectivity index is 1.50. The molecule has 5 nitrogen and oxygen atoms in total. The highest BCUT2D eigenvalue weighted by Gasteiger charge is 2.11. The van der Waals surface area contributed by atoms with Crippen molar-refractivity contribution in [1.29, 1.82) is 0 Å². The normalized spacial score (nSPS) is 11.6. The van der Waals surface area contributed by atoms with E-state index in [9.17, 15) is 0 Å². The van der Waals surface area contributed by atoms with Gasteiger partial charge in [0.15, 0.2) is 5.65 Å². The van der Waals surface area contributed by atoms with E-state index < -0.39 is 0 Å². The van der Waals surface area contributed by atoms with Gasteiger partial charge in [0, 0.05) is 17.0 Å². The minimum absolute atomic E-state index is 0.570. The summed E-state index contributed by atoms with van der Waals surface area (Å²) in [5.41, 5.74) is 3.15. The summed E-state index contributed by atoms with van der Waals surface area (Å²) in [6.45, 7) is 4.02. The summed E-state index contributed by atoms with van der Waals surface area (Å²) in [5.74, 6) is 0.809. The minimum Gasteiger partial charge on any atom is -0.492 e. The van der Waals surface area contributed by atoms with Crippen molar-refractivity contribution in [3.8, 4) is 5.75 Å². The third kappa shape index (κ3) is 3.76. The molecule has 144 valence electrons. The van der Waals surface area contributed by atoms with Crippen LogP contribution in [0.25, 0.3) is 16.6 Å². The number of pyridine rings is 1. The Morgan fingerprint density at radius 3 is 2.68 bits per heavy atom. The van der Waals surface area contributed by atoms with Crippen molar-refractivity contribution in [1.82, 2.24) is 19.1 Å². The van der Waals surface area contributed by atoms with Crippen LogP contribution in [0.3, 0.4) is 0 Å². The third-order valence-corrected chi connectivity index (χ3v) is 5.36. The quantitative estimate of drug-likeness (QED) is 0.420. The molecular weight excluding hydrogens is 392 g/mol. The second kappa shape index (κ2) is 7.91. The summed E-state index contributed by atoms with van der Waals surface area (Å²) < 4.78 is 10.4. The van der Waals surface area contributed by atoms with Crippen LogP contribution in [0.2, 0.25) is 5.02 Å². The van der Waals surface area contributed by atoms with E-state index in [4.69, 9.17) is 33.7 Å². The topological polar surface area (TPSA) is 34.7 Å². The molecule has 0 fully saturated rings. The summed E-state index contributed by atoms with van der Waals surface area (Å²) in [4.78, 5) is 2.13. The van der Waals surface area contributed by atoms with Crippen LogP contribution < -0.4 is 4.74 Å². The number of aromatic nitrogens is 3. The number of hydrogen-bond acceptors (Lipinski definition) is 4. The monoisotopic (exact) mass is 412 g/mol. The molecule has 28 heavy (non-hydrogen) atoms. The summed E-state index contributed by atoms with van der Waals surface area (Å²) in [5, 5.41) is 6.61. The van der Waals surface area contributed by atoms with E-state index >= 15 is 0 Å². The van der Waals surface area contributed by atoms with Crippen molar-refractivity contribution in [2.24, 2.45) is 0 Å². The molecule has 2 aromatic carbocycles. The zero-order valence-electron chi connectivity index (χ0n) is 15.8. The molecule has 4 aromatic rings. The number of aryl methyl sites for hydroxylation is 1. The zero-order chi connectivity index (χ0) is 19.7. The molecule has 0 N–H and O–H groups in total. The molecule has 0 aliphatic rings. The number of nitrogens with zero attached hydrogens (tertiary/aromatic N) is 4. The molecule has 0 radical (unpaired) electrons. The van der Waals surface area contributed by atoms with E-state index in [0.29, 0.717) is 23.1 Å². The van der Waals surface area contributed by atoms with Crippen LogP contribution in [0.4, 0.5) is 0 Å². The summed E-state index contributed by atoms with van der Waals surface area (Å²) >= 11 is 11.6. The lowest BCUT2D eigenvalue weighted by atomic mass is 10.1. The van der Waals surface area contributed by atoms with Crippen LogP contribution in [0.1, 0.15) is 5.56 Å². The average Bonchev–Trinajstić information content (AvgIpc) is 2.99. The molecular formula is C21H21ClN4OS. The Bertz CT molecular complexity index is 1180. The predicted octanol–water partition coefficient (Wildman–Crippen LogP) is 4.95. The van der Waals surface area contributed by atoms with Crippen molar-refractivity contribution >= 4 is 40.4 Å². The van der Waals surface area contributed by atoms with E-state index in [2.05, 4.69) is 30.0 Å². The molecule has 0 atom stereocenters. The highest BCUT2D eigenvalue weighted by molar-refractivity contribution is 7.71. The molecule has 2 aromatic heterocycles. The lowest BCUT2D eigenvalue weighted by molar-refractivity contribution is 0.198. The molecule has 0 unspecified atom stereocenters. The van der Waals surface area contributed by atoms with Crippen molar-refractivity contribution in [3.05, 3.63) is 70.0 Å². The fourth-order valence-corrected chi connectivity index (χ4v) is 3.68. The van der Waals surface area contributed by atoms with Gasteiger partial charge in [-0.05, 0) is 68.2 Å². The molecule has 0 saturated heterocycles. The predicted molar refractivity (Wildman–Crippen MR) is 116 cm³/mol. The highest BCUT2D eigenvalue weighted by Crippen LogP contribution is 2.21. The first-order valence-electron chi connectivity index (χ1n) is 9.08. The number of rotatable bonds is 6. The number of hydrogen-bond donors (Lipinski definition) is 0. The van der Waals surface area contributed by atoms with Crippen LogP contribution in [-0.2, 0) is 6.67 Å². The van der Waals surface area contributed by atoms with E-state index in [-0.39, 0.29) is 0 Å². The molecule has 0 aliphatic carbocycles. The minimum atomic E-state index is 0.570. The maximum absolute atomic E-state index is 5.90. The molecule has 0 saturated carbocycles. The van der Waals surface area contributed by atoms with E-state index in [1.807, 2.05) is 52.5 Å². The highest BCUT2D eigenvalue weighted by atomic mass is 35.5. The first-order valence-corrected chi connectivity index (χ1v) is 9.86. The van der Waals surface area contributed by atoms with Crippen LogP contribution in [0.5, 0.6) is 5.75 Å². The molecule has 7 heteroatoms. The maximum Gasteiger partial charge on any atom is 0.204 e. The Hall–Kier alpha value is -2.41. The summed E-state index contributed by atoms with van der Waals surface area (Å²) in [7, 11) is 2.03. The van der Waals surface area contributed by atoms with Gasteiger partial charge in [-0.1, -0.05) is 29.8 Å². The molecule has 0 aliphatic heterocycles. The van der Waals surface area contributed by atoms with Crippen molar-refractivity contribution in [2.75, 3.05) is 20.2 Å². The first-order chi connectivity index (χ1) is 13.5. The van der Waals surface area contributed by atoms with Gasteiger partial charge in [-0.15, -0.1) is 0 Å². The molecule has 0 spiro atoms. The van der Waals surface area contributed by atoms with Crippen LogP contribution in [-0.4, -0.2) is 39.3 Å². The van der Waals surface area contributed by atoms with E-state index in [1.54, 1.807) is 0 Å². The van der Waals surface area contributed by atoms with Crippen molar-refractivity contribution in [3.63, 3.8) is 0 Å². The zero-order valence-corrected chi connectivity index (χ0v) is 17.4. The van der Waals surface area contributed by atoms with Crippen molar-refractivity contribution in [2.45, 2.75) is 13.6 Å². The lowest BCUT2D eigenvalue weighted by Gasteiger charge is -2.16. The van der Waals surface area contributed by atoms with E-state index in [1.165, 1.54) is 10.9 Å². The Labute approximate surface area is 173 Å². The van der Waals surface area contributed by atoms with Gasteiger partial charge in [-0.25, -0.2) is 4.68 Å². The van der Waals surface area contributed by atoms with Crippen LogP contribution in [0, 0.1) is 11.7 Å². The van der Waals surface area contributed by atoms with Crippen LogP contribution in [0.15, 0.2) is 54.6 Å². The van der Waals surface area contributed by atoms with Gasteiger partial charge >= 0.3 is 0 Å². The smallest absolute Gasteiger partial charge is 0.204 e. The number of benzene rings is 2. The van der Waals surface area contributed by atoms with Gasteiger partial charge in [0.25, 0.3) is 0 Å². The second-order valence-corrected chi connectivity index (χ2v) is 7.65. The number of likely N-dealkylation sites (N-methyl/N-ethyl adjacent to an activating group) is 1. The van der Waals surface area contributed by atoms with Crippen LogP contribution >= 0.6 is 23.8 Å². The summed E-state index contributed by atoms with van der Waals surface area (Å²) in [6.07, 6.45) is 0. The van der Waals surface area contributed by atoms with Gasteiger partial charge in [-0.3, -0.25) is 9.30 Å². The van der Waals surface area contributed by atoms with Gasteiger partial charge in [0.05, 0.1) is 12.2 Å². The van der Waals surface area contributed by atoms with E-state index in [0.717, 1.165) is 23.5 Å². The number of fused-ring (bicyclic) bond motifs is 3. The Morgan fingerprint density at radius 2 is 1.89 bits per heavy atom.